The van der Waals surface area contributed by atoms with Crippen molar-refractivity contribution in [1.29, 1.82) is 0 Å². The van der Waals surface area contributed by atoms with Crippen molar-refractivity contribution in [1.82, 2.24) is 10.2 Å². The standard InChI is InChI=1S/C11H23N3O3/c1-4-9(12)7-11(16)14(2)8-10(15)13-5-6-17-3/h9H,4-8,12H2,1-3H3,(H,13,15). The summed E-state index contributed by atoms with van der Waals surface area (Å²) in [5, 5.41) is 2.65. The highest BCUT2D eigenvalue weighted by atomic mass is 16.5. The highest BCUT2D eigenvalue weighted by Gasteiger charge is 2.14. The van der Waals surface area contributed by atoms with Gasteiger partial charge in [-0.3, -0.25) is 9.59 Å². The van der Waals surface area contributed by atoms with Gasteiger partial charge >= 0.3 is 0 Å². The molecule has 0 aliphatic rings. The summed E-state index contributed by atoms with van der Waals surface area (Å²) in [5.41, 5.74) is 5.68. The van der Waals surface area contributed by atoms with Gasteiger partial charge in [0.2, 0.25) is 11.8 Å². The van der Waals surface area contributed by atoms with Crippen molar-refractivity contribution < 1.29 is 14.3 Å². The maximum absolute atomic E-state index is 11.6. The highest BCUT2D eigenvalue weighted by Crippen LogP contribution is 1.97. The van der Waals surface area contributed by atoms with Crippen molar-refractivity contribution in [2.45, 2.75) is 25.8 Å². The predicted octanol–water partition coefficient (Wildman–Crippen LogP) is -0.665. The number of rotatable bonds is 8. The Morgan fingerprint density at radius 3 is 2.65 bits per heavy atom. The van der Waals surface area contributed by atoms with Crippen LogP contribution in [0.25, 0.3) is 0 Å². The molecule has 1 unspecified atom stereocenters. The van der Waals surface area contributed by atoms with Gasteiger partial charge in [0, 0.05) is 33.2 Å². The number of likely N-dealkylation sites (N-methyl/N-ethyl adjacent to an activating group) is 1. The Morgan fingerprint density at radius 2 is 2.12 bits per heavy atom. The average Bonchev–Trinajstić information content (AvgIpc) is 2.28. The first-order valence-electron chi connectivity index (χ1n) is 5.76. The molecule has 0 rings (SSSR count). The average molecular weight is 245 g/mol. The van der Waals surface area contributed by atoms with Gasteiger partial charge in [-0.1, -0.05) is 6.92 Å². The van der Waals surface area contributed by atoms with E-state index in [2.05, 4.69) is 5.32 Å². The number of carbonyl (C=O) groups is 2. The van der Waals surface area contributed by atoms with Crippen LogP contribution >= 0.6 is 0 Å². The monoisotopic (exact) mass is 245 g/mol. The van der Waals surface area contributed by atoms with Gasteiger partial charge in [-0.05, 0) is 6.42 Å². The molecule has 0 saturated carbocycles. The smallest absolute Gasteiger partial charge is 0.239 e. The second kappa shape index (κ2) is 8.95. The van der Waals surface area contributed by atoms with Crippen LogP contribution in [0, 0.1) is 0 Å². The molecular weight excluding hydrogens is 222 g/mol. The van der Waals surface area contributed by atoms with Crippen molar-refractivity contribution >= 4 is 11.8 Å². The van der Waals surface area contributed by atoms with Crippen LogP contribution in [0.5, 0.6) is 0 Å². The Kier molecular flexibility index (Phi) is 8.35. The summed E-state index contributed by atoms with van der Waals surface area (Å²) < 4.78 is 4.80. The Morgan fingerprint density at radius 1 is 1.47 bits per heavy atom. The molecule has 0 saturated heterocycles. The van der Waals surface area contributed by atoms with Gasteiger partial charge in [0.15, 0.2) is 0 Å². The second-order valence-corrected chi connectivity index (χ2v) is 3.97. The molecule has 6 heteroatoms. The zero-order valence-corrected chi connectivity index (χ0v) is 10.9. The van der Waals surface area contributed by atoms with Gasteiger partial charge in [0.1, 0.15) is 0 Å². The summed E-state index contributed by atoms with van der Waals surface area (Å²) in [4.78, 5) is 24.4. The number of nitrogens with one attached hydrogen (secondary N) is 1. The first-order chi connectivity index (χ1) is 8.01. The third-order valence-corrected chi connectivity index (χ3v) is 2.40. The van der Waals surface area contributed by atoms with Crippen LogP contribution in [-0.4, -0.2) is 56.6 Å². The van der Waals surface area contributed by atoms with Gasteiger partial charge in [0.05, 0.1) is 13.2 Å². The molecule has 0 fully saturated rings. The molecule has 0 aliphatic carbocycles. The molecule has 1 atom stereocenters. The maximum atomic E-state index is 11.6. The van der Waals surface area contributed by atoms with E-state index in [0.717, 1.165) is 6.42 Å². The van der Waals surface area contributed by atoms with Crippen LogP contribution in [0.4, 0.5) is 0 Å². The van der Waals surface area contributed by atoms with Crippen LogP contribution in [0.3, 0.4) is 0 Å². The molecule has 2 amide bonds. The van der Waals surface area contributed by atoms with Crippen molar-refractivity contribution in [3.05, 3.63) is 0 Å². The maximum Gasteiger partial charge on any atom is 0.239 e. The molecular formula is C11H23N3O3. The zero-order valence-electron chi connectivity index (χ0n) is 10.9. The van der Waals surface area contributed by atoms with E-state index in [1.807, 2.05) is 6.92 Å². The molecule has 100 valence electrons. The van der Waals surface area contributed by atoms with E-state index < -0.39 is 0 Å². The lowest BCUT2D eigenvalue weighted by Crippen LogP contribution is -2.41. The zero-order chi connectivity index (χ0) is 13.3. The van der Waals surface area contributed by atoms with Gasteiger partial charge in [-0.25, -0.2) is 0 Å². The first kappa shape index (κ1) is 15.9. The molecule has 0 bridgehead atoms. The number of hydrogen-bond donors (Lipinski definition) is 2. The molecule has 0 radical (unpaired) electrons. The number of nitrogens with zero attached hydrogens (tertiary/aromatic N) is 1. The van der Waals surface area contributed by atoms with E-state index in [4.69, 9.17) is 10.5 Å². The second-order valence-electron chi connectivity index (χ2n) is 3.97. The summed E-state index contributed by atoms with van der Waals surface area (Å²) >= 11 is 0. The lowest BCUT2D eigenvalue weighted by molar-refractivity contribution is -0.135. The number of methoxy groups -OCH3 is 1. The van der Waals surface area contributed by atoms with Crippen molar-refractivity contribution in [3.63, 3.8) is 0 Å². The van der Waals surface area contributed by atoms with Gasteiger partial charge in [-0.2, -0.15) is 0 Å². The Labute approximate surface area is 102 Å². The molecule has 0 aromatic carbocycles. The Bertz CT molecular complexity index is 246. The van der Waals surface area contributed by atoms with E-state index >= 15 is 0 Å². The number of nitrogens with two attached hydrogens (primary N) is 1. The van der Waals surface area contributed by atoms with Crippen LogP contribution < -0.4 is 11.1 Å². The fourth-order valence-electron chi connectivity index (χ4n) is 1.18. The van der Waals surface area contributed by atoms with Crippen LogP contribution in [0.2, 0.25) is 0 Å². The Hall–Kier alpha value is -1.14. The quantitative estimate of drug-likeness (QED) is 0.556. The largest absolute Gasteiger partial charge is 0.383 e. The fourth-order valence-corrected chi connectivity index (χ4v) is 1.18. The van der Waals surface area contributed by atoms with Gasteiger partial charge < -0.3 is 20.7 Å². The van der Waals surface area contributed by atoms with Crippen LogP contribution in [0.15, 0.2) is 0 Å². The first-order valence-corrected chi connectivity index (χ1v) is 5.76. The summed E-state index contributed by atoms with van der Waals surface area (Å²) in [6.45, 7) is 2.89. The molecule has 0 aromatic heterocycles. The number of ether oxygens (including phenoxy) is 1. The van der Waals surface area contributed by atoms with E-state index in [-0.39, 0.29) is 30.8 Å². The van der Waals surface area contributed by atoms with Crippen LogP contribution in [-0.2, 0) is 14.3 Å². The molecule has 0 spiro atoms. The van der Waals surface area contributed by atoms with E-state index in [1.165, 1.54) is 4.90 Å². The van der Waals surface area contributed by atoms with Gasteiger partial charge in [0.25, 0.3) is 0 Å². The summed E-state index contributed by atoms with van der Waals surface area (Å²) in [7, 11) is 3.16. The van der Waals surface area contributed by atoms with Crippen molar-refractivity contribution in [2.24, 2.45) is 5.73 Å². The molecule has 17 heavy (non-hydrogen) atoms. The Balaban J connectivity index is 3.86. The minimum absolute atomic E-state index is 0.0545. The number of carbonyl (C=O) groups excluding carboxylic acids is 2. The number of amides is 2. The molecule has 0 heterocycles. The van der Waals surface area contributed by atoms with E-state index in [1.54, 1.807) is 14.2 Å². The van der Waals surface area contributed by atoms with Crippen molar-refractivity contribution in [2.75, 3.05) is 33.9 Å². The lowest BCUT2D eigenvalue weighted by atomic mass is 10.1. The minimum Gasteiger partial charge on any atom is -0.383 e. The van der Waals surface area contributed by atoms with Crippen molar-refractivity contribution in [3.8, 4) is 0 Å². The minimum atomic E-state index is -0.192. The normalized spacial score (nSPS) is 12.0. The van der Waals surface area contributed by atoms with E-state index in [0.29, 0.717) is 13.2 Å². The highest BCUT2D eigenvalue weighted by molar-refractivity contribution is 5.84. The molecule has 6 nitrogen and oxygen atoms in total. The van der Waals surface area contributed by atoms with Crippen LogP contribution in [0.1, 0.15) is 19.8 Å². The number of hydrogen-bond acceptors (Lipinski definition) is 4. The topological polar surface area (TPSA) is 84.7 Å². The summed E-state index contributed by atoms with van der Waals surface area (Å²) in [5.74, 6) is -0.302. The van der Waals surface area contributed by atoms with E-state index in [9.17, 15) is 9.59 Å². The third-order valence-electron chi connectivity index (χ3n) is 2.40. The fraction of sp³-hybridized carbons (Fsp3) is 0.818. The predicted molar refractivity (Wildman–Crippen MR) is 65.4 cm³/mol. The SMILES string of the molecule is CCC(N)CC(=O)N(C)CC(=O)NCCOC. The molecule has 3 N–H and O–H groups in total. The summed E-state index contributed by atoms with van der Waals surface area (Å²) in [6.07, 6.45) is 1.03. The molecule has 0 aromatic rings. The third kappa shape index (κ3) is 7.70. The molecule has 0 aliphatic heterocycles. The van der Waals surface area contributed by atoms with Gasteiger partial charge in [-0.15, -0.1) is 0 Å². The summed E-state index contributed by atoms with van der Waals surface area (Å²) in [6, 6.07) is -0.137. The lowest BCUT2D eigenvalue weighted by Gasteiger charge is -2.18.